The predicted molar refractivity (Wildman–Crippen MR) is 73.6 cm³/mol. The smallest absolute Gasteiger partial charge is 0.345 e. The van der Waals surface area contributed by atoms with Crippen LogP contribution in [0.25, 0.3) is 0 Å². The van der Waals surface area contributed by atoms with Crippen molar-refractivity contribution in [1.82, 2.24) is 0 Å². The third-order valence-electron chi connectivity index (χ3n) is 2.70. The number of esters is 1. The van der Waals surface area contributed by atoms with E-state index in [1.807, 2.05) is 6.92 Å². The maximum absolute atomic E-state index is 12.0. The van der Waals surface area contributed by atoms with Crippen LogP contribution in [0.5, 0.6) is 5.75 Å². The number of carbonyl (C=O) groups excluding carboxylic acids is 1. The number of rotatable bonds is 3. The molecule has 0 bridgehead atoms. The molecule has 6 heteroatoms. The molecule has 20 heavy (non-hydrogen) atoms. The Balaban J connectivity index is 2.26. The first kappa shape index (κ1) is 13.5. The van der Waals surface area contributed by atoms with Crippen LogP contribution in [-0.4, -0.2) is 10.9 Å². The molecule has 0 aliphatic heterocycles. The fraction of sp³-hybridized carbons (Fsp3) is 0.0714. The van der Waals surface area contributed by atoms with Crippen LogP contribution in [0.2, 0.25) is 0 Å². The second-order valence-corrected chi connectivity index (χ2v) is 4.23. The zero-order chi connectivity index (χ0) is 14.7. The van der Waals surface area contributed by atoms with E-state index in [1.165, 1.54) is 12.1 Å². The maximum atomic E-state index is 12.0. The zero-order valence-electron chi connectivity index (χ0n) is 10.7. The third-order valence-corrected chi connectivity index (χ3v) is 2.70. The van der Waals surface area contributed by atoms with Crippen molar-refractivity contribution in [3.63, 3.8) is 0 Å². The minimum atomic E-state index is -0.727. The van der Waals surface area contributed by atoms with E-state index in [0.29, 0.717) is 5.75 Å². The Morgan fingerprint density at radius 2 is 1.85 bits per heavy atom. The standard InChI is InChI=1S/C14H12N2O4/c1-9-2-5-11(6-3-9)20-14(17)12-8-10(16(18)19)4-7-13(12)15/h2-8H,15H2,1H3. The Kier molecular flexibility index (Phi) is 3.65. The molecule has 0 unspecified atom stereocenters. The van der Waals surface area contributed by atoms with Gasteiger partial charge in [0.1, 0.15) is 5.75 Å². The Morgan fingerprint density at radius 1 is 1.20 bits per heavy atom. The molecular weight excluding hydrogens is 260 g/mol. The maximum Gasteiger partial charge on any atom is 0.345 e. The number of nitrogen functional groups attached to an aromatic ring is 1. The van der Waals surface area contributed by atoms with Gasteiger partial charge in [-0.1, -0.05) is 17.7 Å². The van der Waals surface area contributed by atoms with Crippen molar-refractivity contribution in [3.8, 4) is 5.75 Å². The summed E-state index contributed by atoms with van der Waals surface area (Å²) in [6.45, 7) is 1.91. The van der Waals surface area contributed by atoms with Gasteiger partial charge in [0.2, 0.25) is 0 Å². The minimum absolute atomic E-state index is 0.0280. The molecule has 0 aliphatic rings. The quantitative estimate of drug-likeness (QED) is 0.305. The third kappa shape index (κ3) is 2.92. The van der Waals surface area contributed by atoms with Crippen molar-refractivity contribution in [3.05, 3.63) is 63.7 Å². The van der Waals surface area contributed by atoms with E-state index < -0.39 is 10.9 Å². The van der Waals surface area contributed by atoms with Crippen molar-refractivity contribution in [2.45, 2.75) is 6.92 Å². The molecule has 2 N–H and O–H groups in total. The lowest BCUT2D eigenvalue weighted by atomic mass is 10.1. The molecule has 6 nitrogen and oxygen atoms in total. The van der Waals surface area contributed by atoms with E-state index in [1.54, 1.807) is 24.3 Å². The van der Waals surface area contributed by atoms with Crippen LogP contribution in [-0.2, 0) is 0 Å². The summed E-state index contributed by atoms with van der Waals surface area (Å²) in [7, 11) is 0. The molecule has 0 fully saturated rings. The number of nitro groups is 1. The van der Waals surface area contributed by atoms with E-state index in [9.17, 15) is 14.9 Å². The highest BCUT2D eigenvalue weighted by molar-refractivity contribution is 5.97. The molecule has 0 saturated carbocycles. The Morgan fingerprint density at radius 3 is 2.45 bits per heavy atom. The number of non-ortho nitro benzene ring substituents is 1. The first-order valence-electron chi connectivity index (χ1n) is 5.80. The molecule has 0 amide bonds. The number of nitrogens with zero attached hydrogens (tertiary/aromatic N) is 1. The minimum Gasteiger partial charge on any atom is -0.423 e. The summed E-state index contributed by atoms with van der Waals surface area (Å²) >= 11 is 0. The predicted octanol–water partition coefficient (Wildman–Crippen LogP) is 2.70. The molecular formula is C14H12N2O4. The first-order valence-corrected chi connectivity index (χ1v) is 5.80. The van der Waals surface area contributed by atoms with E-state index in [4.69, 9.17) is 10.5 Å². The van der Waals surface area contributed by atoms with Crippen LogP contribution in [0, 0.1) is 17.0 Å². The molecule has 2 rings (SSSR count). The first-order chi connectivity index (χ1) is 9.47. The summed E-state index contributed by atoms with van der Waals surface area (Å²) < 4.78 is 5.13. The molecule has 0 atom stereocenters. The average molecular weight is 272 g/mol. The summed E-state index contributed by atoms with van der Waals surface area (Å²) in [5.41, 5.74) is 6.56. The van der Waals surface area contributed by atoms with Crippen molar-refractivity contribution in [2.24, 2.45) is 0 Å². The molecule has 0 saturated heterocycles. The summed E-state index contributed by atoms with van der Waals surface area (Å²) in [6, 6.07) is 10.5. The van der Waals surface area contributed by atoms with Gasteiger partial charge < -0.3 is 10.5 Å². The lowest BCUT2D eigenvalue weighted by Crippen LogP contribution is -2.11. The molecule has 2 aromatic rings. The average Bonchev–Trinajstić information content (AvgIpc) is 2.41. The second-order valence-electron chi connectivity index (χ2n) is 4.23. The van der Waals surface area contributed by atoms with E-state index >= 15 is 0 Å². The molecule has 0 heterocycles. The number of anilines is 1. The molecule has 0 aromatic heterocycles. The van der Waals surface area contributed by atoms with Gasteiger partial charge >= 0.3 is 5.97 Å². The molecule has 102 valence electrons. The topological polar surface area (TPSA) is 95.5 Å². The molecule has 0 radical (unpaired) electrons. The van der Waals surface area contributed by atoms with Crippen molar-refractivity contribution in [2.75, 3.05) is 5.73 Å². The van der Waals surface area contributed by atoms with Crippen molar-refractivity contribution >= 4 is 17.3 Å². The van der Waals surface area contributed by atoms with E-state index in [0.717, 1.165) is 11.6 Å². The highest BCUT2D eigenvalue weighted by Crippen LogP contribution is 2.22. The van der Waals surface area contributed by atoms with E-state index in [2.05, 4.69) is 0 Å². The fourth-order valence-electron chi connectivity index (χ4n) is 1.60. The van der Waals surface area contributed by atoms with Crippen LogP contribution in [0.1, 0.15) is 15.9 Å². The highest BCUT2D eigenvalue weighted by Gasteiger charge is 2.17. The SMILES string of the molecule is Cc1ccc(OC(=O)c2cc([N+](=O)[O-])ccc2N)cc1. The van der Waals surface area contributed by atoms with Crippen LogP contribution in [0.15, 0.2) is 42.5 Å². The zero-order valence-corrected chi connectivity index (χ0v) is 10.7. The van der Waals surface area contributed by atoms with Gasteiger partial charge in [0.25, 0.3) is 5.69 Å². The van der Waals surface area contributed by atoms with Gasteiger partial charge in [0, 0.05) is 17.8 Å². The summed E-state index contributed by atoms with van der Waals surface area (Å²) in [4.78, 5) is 22.1. The number of hydrogen-bond acceptors (Lipinski definition) is 5. The molecule has 0 spiro atoms. The van der Waals surface area contributed by atoms with Gasteiger partial charge in [0.15, 0.2) is 0 Å². The Hall–Kier alpha value is -2.89. The Labute approximate surface area is 114 Å². The monoisotopic (exact) mass is 272 g/mol. The molecule has 2 aromatic carbocycles. The number of hydrogen-bond donors (Lipinski definition) is 1. The van der Waals surface area contributed by atoms with Gasteiger partial charge in [-0.2, -0.15) is 0 Å². The Bertz CT molecular complexity index is 665. The van der Waals surface area contributed by atoms with Crippen LogP contribution >= 0.6 is 0 Å². The largest absolute Gasteiger partial charge is 0.423 e. The normalized spacial score (nSPS) is 10.1. The van der Waals surface area contributed by atoms with Crippen LogP contribution in [0.4, 0.5) is 11.4 Å². The summed E-state index contributed by atoms with van der Waals surface area (Å²) in [5.74, 6) is -0.374. The number of ether oxygens (including phenoxy) is 1. The summed E-state index contributed by atoms with van der Waals surface area (Å²) in [5, 5.41) is 10.7. The van der Waals surface area contributed by atoms with Crippen molar-refractivity contribution < 1.29 is 14.5 Å². The van der Waals surface area contributed by atoms with Crippen molar-refractivity contribution in [1.29, 1.82) is 0 Å². The van der Waals surface area contributed by atoms with Crippen LogP contribution < -0.4 is 10.5 Å². The number of aryl methyl sites for hydroxylation is 1. The van der Waals surface area contributed by atoms with Gasteiger partial charge in [-0.05, 0) is 25.1 Å². The number of nitrogens with two attached hydrogens (primary N) is 1. The van der Waals surface area contributed by atoms with Gasteiger partial charge in [-0.25, -0.2) is 4.79 Å². The lowest BCUT2D eigenvalue weighted by molar-refractivity contribution is -0.384. The fourth-order valence-corrected chi connectivity index (χ4v) is 1.60. The highest BCUT2D eigenvalue weighted by atomic mass is 16.6. The number of carbonyl (C=O) groups is 1. The van der Waals surface area contributed by atoms with Crippen LogP contribution in [0.3, 0.4) is 0 Å². The van der Waals surface area contributed by atoms with Gasteiger partial charge in [-0.3, -0.25) is 10.1 Å². The van der Waals surface area contributed by atoms with Gasteiger partial charge in [0.05, 0.1) is 10.5 Å². The lowest BCUT2D eigenvalue weighted by Gasteiger charge is -2.06. The number of nitro benzene ring substituents is 1. The van der Waals surface area contributed by atoms with E-state index in [-0.39, 0.29) is 16.9 Å². The molecule has 0 aliphatic carbocycles. The second kappa shape index (κ2) is 5.40. The van der Waals surface area contributed by atoms with Gasteiger partial charge in [-0.15, -0.1) is 0 Å². The number of benzene rings is 2. The summed E-state index contributed by atoms with van der Waals surface area (Å²) in [6.07, 6.45) is 0.